The van der Waals surface area contributed by atoms with Crippen molar-refractivity contribution in [2.75, 3.05) is 19.7 Å². The Morgan fingerprint density at radius 3 is 3.00 bits per heavy atom. The number of fused-ring (bicyclic) bond motifs is 1. The zero-order valence-corrected chi connectivity index (χ0v) is 11.0. The smallest absolute Gasteiger partial charge is 0.226 e. The van der Waals surface area contributed by atoms with Crippen LogP contribution in [-0.4, -0.2) is 25.6 Å². The molecule has 1 amide bonds. The van der Waals surface area contributed by atoms with Crippen molar-refractivity contribution < 1.29 is 9.53 Å². The molecule has 1 aliphatic rings. The lowest BCUT2D eigenvalue weighted by Gasteiger charge is -2.24. The number of nitrogens with two attached hydrogens (primary N) is 1. The highest BCUT2D eigenvalue weighted by Gasteiger charge is 2.25. The molecular formula is C13H19ClN2O2. The van der Waals surface area contributed by atoms with E-state index in [1.54, 1.807) is 0 Å². The van der Waals surface area contributed by atoms with Crippen LogP contribution in [0, 0.1) is 5.92 Å². The van der Waals surface area contributed by atoms with Gasteiger partial charge in [0.1, 0.15) is 12.4 Å². The minimum absolute atomic E-state index is 0. The van der Waals surface area contributed by atoms with E-state index in [0.717, 1.165) is 24.2 Å². The number of halogens is 1. The molecule has 2 rings (SSSR count). The van der Waals surface area contributed by atoms with E-state index in [-0.39, 0.29) is 24.2 Å². The van der Waals surface area contributed by atoms with Crippen LogP contribution >= 0.6 is 12.4 Å². The van der Waals surface area contributed by atoms with Crippen molar-refractivity contribution >= 4 is 18.3 Å². The molecule has 100 valence electrons. The number of nitrogens with one attached hydrogen (secondary N) is 1. The molecule has 1 aliphatic heterocycles. The van der Waals surface area contributed by atoms with Crippen LogP contribution in [0.15, 0.2) is 24.3 Å². The van der Waals surface area contributed by atoms with Crippen molar-refractivity contribution in [2.24, 2.45) is 11.7 Å². The molecule has 0 radical (unpaired) electrons. The largest absolute Gasteiger partial charge is 0.492 e. The Balaban J connectivity index is 0.00000162. The fraction of sp³-hybridized carbons (Fsp3) is 0.462. The molecule has 18 heavy (non-hydrogen) atoms. The highest BCUT2D eigenvalue weighted by atomic mass is 35.5. The molecule has 0 aromatic heterocycles. The Kier molecular flexibility index (Phi) is 5.95. The summed E-state index contributed by atoms with van der Waals surface area (Å²) in [5.74, 6) is 0.883. The molecule has 1 aromatic carbocycles. The van der Waals surface area contributed by atoms with Gasteiger partial charge in [-0.25, -0.2) is 0 Å². The second kappa shape index (κ2) is 7.24. The maximum absolute atomic E-state index is 11.9. The summed E-state index contributed by atoms with van der Waals surface area (Å²) in [7, 11) is 0. The van der Waals surface area contributed by atoms with Gasteiger partial charge in [0.15, 0.2) is 0 Å². The van der Waals surface area contributed by atoms with Crippen molar-refractivity contribution in [1.29, 1.82) is 0 Å². The number of rotatable bonds is 4. The number of hydrogen-bond donors (Lipinski definition) is 2. The normalized spacial score (nSPS) is 17.1. The molecule has 3 N–H and O–H groups in total. The van der Waals surface area contributed by atoms with Crippen LogP contribution in [0.5, 0.6) is 5.75 Å². The monoisotopic (exact) mass is 270 g/mol. The Labute approximate surface area is 113 Å². The molecular weight excluding hydrogens is 252 g/mol. The summed E-state index contributed by atoms with van der Waals surface area (Å²) in [6.07, 6.45) is 1.57. The van der Waals surface area contributed by atoms with E-state index in [2.05, 4.69) is 5.32 Å². The van der Waals surface area contributed by atoms with Crippen molar-refractivity contribution in [3.05, 3.63) is 29.8 Å². The SMILES string of the molecule is Cl.NCCCNC(=O)C1COc2ccccc2C1. The van der Waals surface area contributed by atoms with E-state index < -0.39 is 0 Å². The highest BCUT2D eigenvalue weighted by molar-refractivity contribution is 5.85. The first kappa shape index (κ1) is 14.8. The number of hydrogen-bond acceptors (Lipinski definition) is 3. The van der Waals surface area contributed by atoms with Crippen LogP contribution in [0.3, 0.4) is 0 Å². The lowest BCUT2D eigenvalue weighted by atomic mass is 9.96. The first-order valence-corrected chi connectivity index (χ1v) is 5.99. The van der Waals surface area contributed by atoms with Gasteiger partial charge in [-0.05, 0) is 31.0 Å². The third-order valence-electron chi connectivity index (χ3n) is 2.93. The average Bonchev–Trinajstić information content (AvgIpc) is 2.38. The first-order valence-electron chi connectivity index (χ1n) is 5.99. The van der Waals surface area contributed by atoms with Crippen LogP contribution in [0.4, 0.5) is 0 Å². The van der Waals surface area contributed by atoms with Gasteiger partial charge in [-0.15, -0.1) is 12.4 Å². The van der Waals surface area contributed by atoms with Gasteiger partial charge in [0.2, 0.25) is 5.91 Å². The van der Waals surface area contributed by atoms with Gasteiger partial charge in [0, 0.05) is 6.54 Å². The molecule has 0 bridgehead atoms. The number of amides is 1. The number of ether oxygens (including phenoxy) is 1. The Morgan fingerprint density at radius 1 is 1.44 bits per heavy atom. The van der Waals surface area contributed by atoms with Gasteiger partial charge in [-0.3, -0.25) is 4.79 Å². The van der Waals surface area contributed by atoms with Crippen molar-refractivity contribution in [3.63, 3.8) is 0 Å². The van der Waals surface area contributed by atoms with E-state index in [1.807, 2.05) is 24.3 Å². The minimum atomic E-state index is -0.0809. The maximum Gasteiger partial charge on any atom is 0.226 e. The summed E-state index contributed by atoms with van der Waals surface area (Å²) in [5, 5.41) is 2.89. The minimum Gasteiger partial charge on any atom is -0.492 e. The van der Waals surface area contributed by atoms with Gasteiger partial charge in [0.25, 0.3) is 0 Å². The summed E-state index contributed by atoms with van der Waals surface area (Å²) < 4.78 is 5.58. The van der Waals surface area contributed by atoms with Crippen LogP contribution in [0.2, 0.25) is 0 Å². The van der Waals surface area contributed by atoms with E-state index in [9.17, 15) is 4.79 Å². The van der Waals surface area contributed by atoms with Crippen LogP contribution in [0.1, 0.15) is 12.0 Å². The molecule has 5 heteroatoms. The average molecular weight is 271 g/mol. The lowest BCUT2D eigenvalue weighted by molar-refractivity contribution is -0.126. The Bertz CT molecular complexity index is 398. The van der Waals surface area contributed by atoms with Crippen molar-refractivity contribution in [2.45, 2.75) is 12.8 Å². The van der Waals surface area contributed by atoms with Gasteiger partial charge >= 0.3 is 0 Å². The third kappa shape index (κ3) is 3.62. The van der Waals surface area contributed by atoms with E-state index in [4.69, 9.17) is 10.5 Å². The van der Waals surface area contributed by atoms with Gasteiger partial charge in [0.05, 0.1) is 5.92 Å². The van der Waals surface area contributed by atoms with Crippen LogP contribution in [0.25, 0.3) is 0 Å². The van der Waals surface area contributed by atoms with Gasteiger partial charge in [-0.1, -0.05) is 18.2 Å². The molecule has 1 atom stereocenters. The summed E-state index contributed by atoms with van der Waals surface area (Å²) >= 11 is 0. The fourth-order valence-corrected chi connectivity index (χ4v) is 1.95. The molecule has 0 fully saturated rings. The molecule has 0 aliphatic carbocycles. The number of benzene rings is 1. The molecule has 1 aromatic rings. The summed E-state index contributed by atoms with van der Waals surface area (Å²) in [6, 6.07) is 7.86. The standard InChI is InChI=1S/C13H18N2O2.ClH/c14-6-3-7-15-13(16)11-8-10-4-1-2-5-12(10)17-9-11;/h1-2,4-5,11H,3,6-9,14H2,(H,15,16);1H. The van der Waals surface area contributed by atoms with Gasteiger partial charge < -0.3 is 15.8 Å². The second-order valence-corrected chi connectivity index (χ2v) is 4.25. The maximum atomic E-state index is 11.9. The number of para-hydroxylation sites is 1. The molecule has 0 spiro atoms. The highest BCUT2D eigenvalue weighted by Crippen LogP contribution is 2.26. The first-order chi connectivity index (χ1) is 8.31. The van der Waals surface area contributed by atoms with E-state index in [1.165, 1.54) is 0 Å². The van der Waals surface area contributed by atoms with Crippen LogP contribution in [-0.2, 0) is 11.2 Å². The molecule has 1 unspecified atom stereocenters. The van der Waals surface area contributed by atoms with Crippen molar-refractivity contribution in [1.82, 2.24) is 5.32 Å². The summed E-state index contributed by atoms with van der Waals surface area (Å²) in [4.78, 5) is 11.9. The van der Waals surface area contributed by atoms with Gasteiger partial charge in [-0.2, -0.15) is 0 Å². The summed E-state index contributed by atoms with van der Waals surface area (Å²) in [5.41, 5.74) is 6.49. The topological polar surface area (TPSA) is 64.3 Å². The predicted molar refractivity (Wildman–Crippen MR) is 73.1 cm³/mol. The number of carbonyl (C=O) groups excluding carboxylic acids is 1. The lowest BCUT2D eigenvalue weighted by Crippen LogP contribution is -2.38. The Morgan fingerprint density at radius 2 is 2.22 bits per heavy atom. The van der Waals surface area contributed by atoms with E-state index >= 15 is 0 Å². The third-order valence-corrected chi connectivity index (χ3v) is 2.93. The predicted octanol–water partition coefficient (Wildman–Crippen LogP) is 1.12. The second-order valence-electron chi connectivity index (χ2n) is 4.25. The van der Waals surface area contributed by atoms with Crippen molar-refractivity contribution in [3.8, 4) is 5.75 Å². The molecule has 0 saturated carbocycles. The molecule has 0 saturated heterocycles. The number of carbonyl (C=O) groups is 1. The van der Waals surface area contributed by atoms with E-state index in [0.29, 0.717) is 19.7 Å². The molecule has 4 nitrogen and oxygen atoms in total. The Hall–Kier alpha value is -1.26. The zero-order chi connectivity index (χ0) is 12.1. The quantitative estimate of drug-likeness (QED) is 0.806. The zero-order valence-electron chi connectivity index (χ0n) is 10.2. The summed E-state index contributed by atoms with van der Waals surface area (Å²) in [6.45, 7) is 1.71. The van der Waals surface area contributed by atoms with Crippen LogP contribution < -0.4 is 15.8 Å². The molecule has 1 heterocycles. The fourth-order valence-electron chi connectivity index (χ4n) is 1.95.